The molecule has 0 saturated heterocycles. The zero-order valence-corrected chi connectivity index (χ0v) is 13.6. The number of nitrogens with zero attached hydrogens (tertiary/aromatic N) is 2. The van der Waals surface area contributed by atoms with Crippen molar-refractivity contribution in [3.8, 4) is 10.4 Å². The van der Waals surface area contributed by atoms with Crippen LogP contribution in [0, 0.1) is 6.92 Å². The lowest BCUT2D eigenvalue weighted by Gasteiger charge is -2.28. The summed E-state index contributed by atoms with van der Waals surface area (Å²) >= 11 is 1.65. The quantitative estimate of drug-likeness (QED) is 0.942. The van der Waals surface area contributed by atoms with Crippen LogP contribution in [0.5, 0.6) is 0 Å². The zero-order chi connectivity index (χ0) is 15.7. The van der Waals surface area contributed by atoms with E-state index in [0.29, 0.717) is 5.70 Å². The van der Waals surface area contributed by atoms with Crippen LogP contribution >= 0.6 is 11.3 Å². The van der Waals surface area contributed by atoms with Gasteiger partial charge in [-0.2, -0.15) is 0 Å². The van der Waals surface area contributed by atoms with E-state index in [1.54, 1.807) is 11.3 Å². The molecule has 3 rings (SSSR count). The van der Waals surface area contributed by atoms with Crippen molar-refractivity contribution in [2.24, 2.45) is 5.73 Å². The predicted molar refractivity (Wildman–Crippen MR) is 89.3 cm³/mol. The fourth-order valence-electron chi connectivity index (χ4n) is 2.89. The van der Waals surface area contributed by atoms with Gasteiger partial charge in [0, 0.05) is 6.54 Å². The molecule has 1 aliphatic rings. The first-order valence-corrected chi connectivity index (χ1v) is 8.23. The fraction of sp³-hybridized carbons (Fsp3) is 0.294. The van der Waals surface area contributed by atoms with Crippen molar-refractivity contribution in [3.05, 3.63) is 52.8 Å². The van der Waals surface area contributed by atoms with Crippen molar-refractivity contribution in [3.63, 3.8) is 0 Å². The molecular formula is C17H19N3OS. The van der Waals surface area contributed by atoms with Gasteiger partial charge in [0.2, 0.25) is 0 Å². The second kappa shape index (κ2) is 5.93. The number of amides is 1. The number of nitrogens with two attached hydrogens (primary N) is 1. The van der Waals surface area contributed by atoms with Crippen LogP contribution in [0.2, 0.25) is 0 Å². The van der Waals surface area contributed by atoms with Crippen LogP contribution in [-0.4, -0.2) is 22.3 Å². The third-order valence-corrected chi connectivity index (χ3v) is 5.12. The minimum Gasteiger partial charge on any atom is -0.364 e. The first-order chi connectivity index (χ1) is 10.6. The fourth-order valence-corrected chi connectivity index (χ4v) is 3.71. The number of rotatable bonds is 4. The number of benzene rings is 1. The molecule has 0 unspecified atom stereocenters. The summed E-state index contributed by atoms with van der Waals surface area (Å²) in [7, 11) is 0. The Hall–Kier alpha value is -2.14. The molecule has 0 saturated carbocycles. The summed E-state index contributed by atoms with van der Waals surface area (Å²) < 4.78 is 0. The van der Waals surface area contributed by atoms with E-state index in [-0.39, 0.29) is 11.9 Å². The minimum absolute atomic E-state index is 0.137. The number of hydrogen-bond donors (Lipinski definition) is 1. The van der Waals surface area contributed by atoms with Gasteiger partial charge < -0.3 is 10.6 Å². The number of carbonyl (C=O) groups excluding carboxylic acids is 1. The molecule has 114 valence electrons. The Kier molecular flexibility index (Phi) is 3.98. The highest BCUT2D eigenvalue weighted by Gasteiger charge is 2.25. The summed E-state index contributed by atoms with van der Waals surface area (Å²) in [5, 5.41) is 0. The smallest absolute Gasteiger partial charge is 0.264 e. The largest absolute Gasteiger partial charge is 0.364 e. The number of carbonyl (C=O) groups is 1. The first kappa shape index (κ1) is 14.8. The van der Waals surface area contributed by atoms with Gasteiger partial charge in [0.05, 0.1) is 27.8 Å². The normalized spacial score (nSPS) is 15.7. The van der Waals surface area contributed by atoms with Crippen LogP contribution in [0.3, 0.4) is 0 Å². The monoisotopic (exact) mass is 313 g/mol. The van der Waals surface area contributed by atoms with Crippen molar-refractivity contribution in [2.75, 3.05) is 6.54 Å². The van der Waals surface area contributed by atoms with Gasteiger partial charge in [-0.15, -0.1) is 11.3 Å². The second-order valence-corrected chi connectivity index (χ2v) is 6.36. The standard InChI is InChI=1S/C17H19N3OS/c1-11-16(22-10-19-11)14-7-5-13(6-8-14)12(2)20-9-3-4-15(20)17(18)21/h4-8,10,12H,3,9H2,1-2H3,(H2,18,21)/t12-/m0/s1. The molecule has 2 aromatic rings. The Morgan fingerprint density at radius 1 is 1.36 bits per heavy atom. The molecule has 0 aliphatic carbocycles. The molecule has 2 N–H and O–H groups in total. The minimum atomic E-state index is -0.346. The Morgan fingerprint density at radius 3 is 2.68 bits per heavy atom. The molecule has 1 aromatic heterocycles. The molecule has 4 nitrogen and oxygen atoms in total. The number of thiazole rings is 1. The highest BCUT2D eigenvalue weighted by molar-refractivity contribution is 7.13. The molecule has 1 amide bonds. The Balaban J connectivity index is 1.83. The SMILES string of the molecule is Cc1ncsc1-c1ccc([C@H](C)N2CCC=C2C(N)=O)cc1. The molecule has 22 heavy (non-hydrogen) atoms. The molecule has 0 radical (unpaired) electrons. The summed E-state index contributed by atoms with van der Waals surface area (Å²) in [5.74, 6) is -0.346. The second-order valence-electron chi connectivity index (χ2n) is 5.50. The van der Waals surface area contributed by atoms with Crippen LogP contribution < -0.4 is 5.73 Å². The van der Waals surface area contributed by atoms with E-state index in [2.05, 4.69) is 41.1 Å². The van der Waals surface area contributed by atoms with E-state index in [0.717, 1.165) is 18.7 Å². The van der Waals surface area contributed by atoms with Crippen LogP contribution in [0.4, 0.5) is 0 Å². The van der Waals surface area contributed by atoms with Gasteiger partial charge in [0.15, 0.2) is 0 Å². The molecule has 1 atom stereocenters. The molecule has 0 bridgehead atoms. The lowest BCUT2D eigenvalue weighted by Crippen LogP contribution is -2.30. The van der Waals surface area contributed by atoms with E-state index in [1.807, 2.05) is 18.5 Å². The van der Waals surface area contributed by atoms with Gasteiger partial charge in [-0.25, -0.2) is 4.98 Å². The molecule has 1 aromatic carbocycles. The van der Waals surface area contributed by atoms with Crippen LogP contribution in [-0.2, 0) is 4.79 Å². The Morgan fingerprint density at radius 2 is 2.09 bits per heavy atom. The van der Waals surface area contributed by atoms with E-state index >= 15 is 0 Å². The van der Waals surface area contributed by atoms with Crippen molar-refractivity contribution < 1.29 is 4.79 Å². The number of primary amides is 1. The van der Waals surface area contributed by atoms with Crippen molar-refractivity contribution in [2.45, 2.75) is 26.3 Å². The number of hydrogen-bond acceptors (Lipinski definition) is 4. The average molecular weight is 313 g/mol. The van der Waals surface area contributed by atoms with Gasteiger partial charge in [-0.3, -0.25) is 4.79 Å². The molecule has 2 heterocycles. The summed E-state index contributed by atoms with van der Waals surface area (Å²) in [4.78, 5) is 19.1. The molecule has 5 heteroatoms. The highest BCUT2D eigenvalue weighted by atomic mass is 32.1. The van der Waals surface area contributed by atoms with E-state index < -0.39 is 0 Å². The lowest BCUT2D eigenvalue weighted by molar-refractivity contribution is -0.116. The van der Waals surface area contributed by atoms with Crippen LogP contribution in [0.15, 0.2) is 41.5 Å². The maximum Gasteiger partial charge on any atom is 0.264 e. The van der Waals surface area contributed by atoms with E-state index in [9.17, 15) is 4.79 Å². The van der Waals surface area contributed by atoms with Crippen molar-refractivity contribution in [1.29, 1.82) is 0 Å². The van der Waals surface area contributed by atoms with Crippen molar-refractivity contribution >= 4 is 17.2 Å². The molecular weight excluding hydrogens is 294 g/mol. The molecule has 0 spiro atoms. The summed E-state index contributed by atoms with van der Waals surface area (Å²) in [5.41, 5.74) is 11.4. The summed E-state index contributed by atoms with van der Waals surface area (Å²) in [6, 6.07) is 8.62. The molecule has 1 aliphatic heterocycles. The van der Waals surface area contributed by atoms with E-state index in [1.165, 1.54) is 16.0 Å². The average Bonchev–Trinajstić information content (AvgIpc) is 3.15. The van der Waals surface area contributed by atoms with Gasteiger partial charge in [-0.1, -0.05) is 30.3 Å². The Bertz CT molecular complexity index is 718. The lowest BCUT2D eigenvalue weighted by atomic mass is 10.0. The van der Waals surface area contributed by atoms with Crippen molar-refractivity contribution in [1.82, 2.24) is 9.88 Å². The molecule has 0 fully saturated rings. The van der Waals surface area contributed by atoms with Gasteiger partial charge in [0.1, 0.15) is 0 Å². The Labute approximate surface area is 134 Å². The van der Waals surface area contributed by atoms with Gasteiger partial charge >= 0.3 is 0 Å². The predicted octanol–water partition coefficient (Wildman–Crippen LogP) is 3.25. The third kappa shape index (κ3) is 2.64. The summed E-state index contributed by atoms with van der Waals surface area (Å²) in [6.45, 7) is 4.97. The number of aryl methyl sites for hydroxylation is 1. The maximum atomic E-state index is 11.5. The first-order valence-electron chi connectivity index (χ1n) is 7.35. The highest BCUT2D eigenvalue weighted by Crippen LogP contribution is 2.31. The van der Waals surface area contributed by atoms with Gasteiger partial charge in [0.25, 0.3) is 5.91 Å². The topological polar surface area (TPSA) is 59.2 Å². The zero-order valence-electron chi connectivity index (χ0n) is 12.7. The van der Waals surface area contributed by atoms with Gasteiger partial charge in [-0.05, 0) is 31.4 Å². The third-order valence-electron chi connectivity index (χ3n) is 4.14. The number of aromatic nitrogens is 1. The van der Waals surface area contributed by atoms with Crippen LogP contribution in [0.1, 0.15) is 30.6 Å². The van der Waals surface area contributed by atoms with Crippen LogP contribution in [0.25, 0.3) is 10.4 Å². The maximum absolute atomic E-state index is 11.5. The van der Waals surface area contributed by atoms with E-state index in [4.69, 9.17) is 5.73 Å². The summed E-state index contributed by atoms with van der Waals surface area (Å²) in [6.07, 6.45) is 2.80.